The lowest BCUT2D eigenvalue weighted by Crippen LogP contribution is -2.45. The van der Waals surface area contributed by atoms with E-state index in [-0.39, 0.29) is 37.5 Å². The summed E-state index contributed by atoms with van der Waals surface area (Å²) >= 11 is 6.51. The number of fused-ring (bicyclic) bond motifs is 6. The van der Waals surface area contributed by atoms with Gasteiger partial charge in [0.15, 0.2) is 11.5 Å². The zero-order chi connectivity index (χ0) is 23.1. The fraction of sp³-hybridized carbons (Fsp3) is 0.286. The SMILES string of the molecule is CC[C@@]1(O[P+](=O)[O-])C(=O)OCc2c1cc1n(c2=O)Cc2cc3c(Cl)c4c(cc3nc2-1)OCO4. The van der Waals surface area contributed by atoms with Crippen LogP contribution < -0.4 is 19.9 Å². The molecule has 2 aromatic heterocycles. The molecule has 0 spiro atoms. The third-order valence-electron chi connectivity index (χ3n) is 6.29. The molecule has 0 saturated heterocycles. The lowest BCUT2D eigenvalue weighted by molar-refractivity contribution is -0.207. The molecule has 0 N–H and O–H groups in total. The predicted molar refractivity (Wildman–Crippen MR) is 112 cm³/mol. The van der Waals surface area contributed by atoms with Crippen molar-refractivity contribution in [3.05, 3.63) is 50.3 Å². The Kier molecular flexibility index (Phi) is 4.35. The van der Waals surface area contributed by atoms with Gasteiger partial charge in [-0.05, 0) is 23.1 Å². The van der Waals surface area contributed by atoms with Crippen molar-refractivity contribution in [3.63, 3.8) is 0 Å². The van der Waals surface area contributed by atoms with Gasteiger partial charge in [-0.2, -0.15) is 0 Å². The fourth-order valence-electron chi connectivity index (χ4n) is 4.70. The van der Waals surface area contributed by atoms with E-state index in [0.717, 1.165) is 5.56 Å². The first kappa shape index (κ1) is 20.6. The summed E-state index contributed by atoms with van der Waals surface area (Å²) in [6.07, 6.45) is -0.0396. The van der Waals surface area contributed by atoms with Crippen molar-refractivity contribution in [1.82, 2.24) is 9.55 Å². The maximum atomic E-state index is 13.4. The normalized spacial score (nSPS) is 20.3. The molecular formula is C21H14ClN2O8P. The smallest absolute Gasteiger partial charge is 0.490 e. The van der Waals surface area contributed by atoms with Crippen LogP contribution in [0.15, 0.2) is 23.0 Å². The Morgan fingerprint density at radius 3 is 2.85 bits per heavy atom. The van der Waals surface area contributed by atoms with Crippen LogP contribution in [0, 0.1) is 0 Å². The average molecular weight is 489 g/mol. The number of rotatable bonds is 3. The summed E-state index contributed by atoms with van der Waals surface area (Å²) in [6, 6.07) is 5.15. The molecule has 168 valence electrons. The molecule has 1 unspecified atom stereocenters. The number of hydrogen-bond donors (Lipinski definition) is 0. The first-order valence-corrected chi connectivity index (χ1v) is 11.5. The number of esters is 1. The van der Waals surface area contributed by atoms with Crippen LogP contribution in [0.1, 0.15) is 30.0 Å². The summed E-state index contributed by atoms with van der Waals surface area (Å²) in [5, 5.41) is 1.02. The van der Waals surface area contributed by atoms with Gasteiger partial charge < -0.3 is 23.7 Å². The monoisotopic (exact) mass is 488 g/mol. The van der Waals surface area contributed by atoms with Crippen molar-refractivity contribution < 1.29 is 33.0 Å². The van der Waals surface area contributed by atoms with Gasteiger partial charge in [0.2, 0.25) is 12.4 Å². The van der Waals surface area contributed by atoms with Gasteiger partial charge in [-0.25, -0.2) is 9.78 Å². The van der Waals surface area contributed by atoms with E-state index in [2.05, 4.69) is 0 Å². The third-order valence-corrected chi connectivity index (χ3v) is 7.12. The second kappa shape index (κ2) is 6.98. The standard InChI is InChI=1S/C21H14ClN2O8P/c1-2-21(32-33(27)28)12-4-14-17-9(6-24(14)19(25)11(12)7-29-20(21)26)3-10-13(23-17)5-15-18(16(10)22)31-8-30-15/h3-5H,2,6-8H2,1H3/t21-/m0/s1. The van der Waals surface area contributed by atoms with E-state index in [9.17, 15) is 19.0 Å². The first-order chi connectivity index (χ1) is 15.8. The van der Waals surface area contributed by atoms with Gasteiger partial charge in [0.05, 0.1) is 34.0 Å². The Balaban J connectivity index is 1.60. The lowest BCUT2D eigenvalue weighted by Gasteiger charge is -2.31. The first-order valence-electron chi connectivity index (χ1n) is 10.0. The summed E-state index contributed by atoms with van der Waals surface area (Å²) in [5.74, 6) is 0.0627. The Morgan fingerprint density at radius 2 is 2.09 bits per heavy atom. The Hall–Kier alpha value is -3.04. The van der Waals surface area contributed by atoms with Crippen LogP contribution in [0.3, 0.4) is 0 Å². The molecule has 0 bridgehead atoms. The number of ether oxygens (including phenoxy) is 3. The van der Waals surface area contributed by atoms with Gasteiger partial charge in [0.1, 0.15) is 6.61 Å². The summed E-state index contributed by atoms with van der Waals surface area (Å²) < 4.78 is 34.1. The highest BCUT2D eigenvalue weighted by Gasteiger charge is 2.52. The quantitative estimate of drug-likeness (QED) is 0.315. The van der Waals surface area contributed by atoms with Gasteiger partial charge in [-0.3, -0.25) is 4.79 Å². The lowest BCUT2D eigenvalue weighted by atomic mass is 9.86. The highest BCUT2D eigenvalue weighted by molar-refractivity contribution is 7.30. The number of benzene rings is 1. The summed E-state index contributed by atoms with van der Waals surface area (Å²) in [4.78, 5) is 42.2. The fourth-order valence-corrected chi connectivity index (χ4v) is 5.56. The molecule has 1 aromatic carbocycles. The largest absolute Gasteiger partial charge is 0.566 e. The van der Waals surface area contributed by atoms with Crippen LogP contribution in [0.25, 0.3) is 22.3 Å². The molecule has 3 aliphatic heterocycles. The van der Waals surface area contributed by atoms with Crippen molar-refractivity contribution in [1.29, 1.82) is 0 Å². The van der Waals surface area contributed by atoms with Gasteiger partial charge in [0, 0.05) is 22.6 Å². The van der Waals surface area contributed by atoms with E-state index in [1.54, 1.807) is 19.1 Å². The van der Waals surface area contributed by atoms with E-state index >= 15 is 0 Å². The molecule has 2 atom stereocenters. The second-order valence-electron chi connectivity index (χ2n) is 7.87. The number of aromatic nitrogens is 2. The molecule has 33 heavy (non-hydrogen) atoms. The number of carbonyl (C=O) groups is 1. The predicted octanol–water partition coefficient (Wildman–Crippen LogP) is 2.50. The van der Waals surface area contributed by atoms with Crippen molar-refractivity contribution in [3.8, 4) is 22.9 Å². The van der Waals surface area contributed by atoms with E-state index in [1.807, 2.05) is 6.07 Å². The molecule has 3 aromatic rings. The number of nitrogens with zero attached hydrogens (tertiary/aromatic N) is 2. The van der Waals surface area contributed by atoms with Crippen molar-refractivity contribution in [2.45, 2.75) is 32.1 Å². The Labute approximate surface area is 191 Å². The molecule has 5 heterocycles. The number of pyridine rings is 2. The number of hydrogen-bond acceptors (Lipinski definition) is 9. The average Bonchev–Trinajstić information content (AvgIpc) is 3.40. The van der Waals surface area contributed by atoms with E-state index in [0.29, 0.717) is 38.8 Å². The maximum absolute atomic E-state index is 13.4. The molecule has 0 saturated carbocycles. The molecule has 12 heteroatoms. The van der Waals surface area contributed by atoms with Gasteiger partial charge >= 0.3 is 14.2 Å². The van der Waals surface area contributed by atoms with Crippen LogP contribution in [-0.4, -0.2) is 22.3 Å². The van der Waals surface area contributed by atoms with Crippen molar-refractivity contribution in [2.75, 3.05) is 6.79 Å². The van der Waals surface area contributed by atoms with Crippen molar-refractivity contribution in [2.24, 2.45) is 0 Å². The zero-order valence-corrected chi connectivity index (χ0v) is 18.7. The van der Waals surface area contributed by atoms with E-state index in [1.165, 1.54) is 4.57 Å². The molecule has 0 aliphatic carbocycles. The van der Waals surface area contributed by atoms with Crippen LogP contribution in [-0.2, 0) is 37.4 Å². The van der Waals surface area contributed by atoms with Crippen LogP contribution in [0.2, 0.25) is 5.02 Å². The van der Waals surface area contributed by atoms with Gasteiger partial charge in [0.25, 0.3) is 5.56 Å². The maximum Gasteiger partial charge on any atom is 0.490 e. The molecular weight excluding hydrogens is 475 g/mol. The summed E-state index contributed by atoms with van der Waals surface area (Å²) in [5.41, 5.74) is 0.277. The zero-order valence-electron chi connectivity index (χ0n) is 17.0. The molecule has 0 amide bonds. The van der Waals surface area contributed by atoms with Crippen LogP contribution in [0.4, 0.5) is 0 Å². The number of carbonyl (C=O) groups excluding carboxylic acids is 1. The highest BCUT2D eigenvalue weighted by atomic mass is 35.5. The number of halogens is 1. The minimum Gasteiger partial charge on any atom is -0.566 e. The van der Waals surface area contributed by atoms with Crippen LogP contribution in [0.5, 0.6) is 11.5 Å². The minimum atomic E-state index is -3.39. The molecule has 6 rings (SSSR count). The minimum absolute atomic E-state index is 0.0396. The second-order valence-corrected chi connectivity index (χ2v) is 8.88. The Morgan fingerprint density at radius 1 is 1.27 bits per heavy atom. The van der Waals surface area contributed by atoms with Gasteiger partial charge in [-0.1, -0.05) is 18.5 Å². The molecule has 0 radical (unpaired) electrons. The van der Waals surface area contributed by atoms with Gasteiger partial charge in [-0.15, -0.1) is 4.52 Å². The van der Waals surface area contributed by atoms with E-state index < -0.39 is 25.4 Å². The van der Waals surface area contributed by atoms with Crippen LogP contribution >= 0.6 is 19.9 Å². The highest BCUT2D eigenvalue weighted by Crippen LogP contribution is 2.47. The molecule has 3 aliphatic rings. The molecule has 10 nitrogen and oxygen atoms in total. The third kappa shape index (κ3) is 2.72. The summed E-state index contributed by atoms with van der Waals surface area (Å²) in [7, 11) is -3.39. The van der Waals surface area contributed by atoms with E-state index in [4.69, 9.17) is 35.3 Å². The topological polar surface area (TPSA) is 129 Å². The van der Waals surface area contributed by atoms with Crippen molar-refractivity contribution >= 4 is 36.7 Å². The Bertz CT molecular complexity index is 1490. The summed E-state index contributed by atoms with van der Waals surface area (Å²) in [6.45, 7) is 1.61. The molecule has 0 fully saturated rings. The number of cyclic esters (lactones) is 1.